The zero-order valence-corrected chi connectivity index (χ0v) is 49.1. The Morgan fingerprint density at radius 1 is 0.847 bits per heavy atom. The first-order valence-corrected chi connectivity index (χ1v) is 30.3. The predicted octanol–water partition coefficient (Wildman–Crippen LogP) is 10.8. The largest absolute Gasteiger partial charge is 0.508 e. The number of sulfonamides is 1. The SMILES string of the molecule is Cc1ncsc1-c1ccc([C@H](C)NC(=O)[C@@H]2C[C@@H](OCc3ccc([N+](=O)[O-])cc3)CN2C(=O)[C@@H](NC(=O)CCCCCOc2ccc(N(CC(F)(F)F)S(=O)(=O)C3C[C@H]4O[C@@H]3C(c3ccc(O)cc3)=C4c3ccc(O)cc3)cc2)C(C)(C)C)cc1. The number of carbonyl (C=O) groups is 3. The number of non-ortho nitro benzene ring substituents is 1. The summed E-state index contributed by atoms with van der Waals surface area (Å²) in [7, 11) is -4.76. The van der Waals surface area contributed by atoms with Crippen molar-refractivity contribution < 1.29 is 65.3 Å². The van der Waals surface area contributed by atoms with Gasteiger partial charge in [0.1, 0.15) is 47.2 Å². The van der Waals surface area contributed by atoms with E-state index in [1.165, 1.54) is 76.9 Å². The van der Waals surface area contributed by atoms with Crippen LogP contribution in [0.15, 0.2) is 127 Å². The van der Waals surface area contributed by atoms with Crippen LogP contribution in [-0.4, -0.2) is 113 Å². The first-order valence-electron chi connectivity index (χ1n) is 27.9. The molecule has 7 atom stereocenters. The maximum absolute atomic E-state index is 14.7. The Bertz CT molecular complexity index is 3500. The van der Waals surface area contributed by atoms with Crippen LogP contribution in [0.3, 0.4) is 0 Å². The molecule has 23 heteroatoms. The molecule has 85 heavy (non-hydrogen) atoms. The molecule has 2 bridgehead atoms. The first-order chi connectivity index (χ1) is 40.3. The number of thiazole rings is 1. The van der Waals surface area contributed by atoms with Gasteiger partial charge in [-0.1, -0.05) is 69.3 Å². The van der Waals surface area contributed by atoms with Gasteiger partial charge < -0.3 is 40.0 Å². The van der Waals surface area contributed by atoms with Crippen LogP contribution in [0.2, 0.25) is 0 Å². The molecular formula is C62H67F3N6O12S2. The Morgan fingerprint density at radius 3 is 2.06 bits per heavy atom. The standard InChI is InChI=1S/C62H67F3N6O12S2/c1-37(40-12-14-43(15-13-40)57-38(2)66-36-84-57)67-59(75)50-31-49(82-34-39-10-20-45(21-11-39)71(77)78)33-69(50)60(76)58(61(3,4)5)68-53(74)9-7-6-8-30-81-48-28-22-44(23-29-48)70(35-62(63,64)65)85(79,80)52-32-51-54(41-16-24-46(72)25-17-41)55(56(52)83-51)42-18-26-47(73)27-19-42/h10-29,36-37,49-52,56,58,72-73H,6-9,30-35H2,1-5H3,(H,67,75)(H,68,74)/t37-,49+,50-,51+,52?,56-,58+/m0/s1. The average Bonchev–Trinajstić information content (AvgIpc) is 1.64. The lowest BCUT2D eigenvalue weighted by molar-refractivity contribution is -0.384. The van der Waals surface area contributed by atoms with Crippen molar-refractivity contribution in [2.75, 3.05) is 24.0 Å². The van der Waals surface area contributed by atoms with Gasteiger partial charge in [0.15, 0.2) is 0 Å². The van der Waals surface area contributed by atoms with Crippen molar-refractivity contribution in [2.45, 2.75) is 128 Å². The van der Waals surface area contributed by atoms with Crippen LogP contribution < -0.4 is 19.7 Å². The number of hydrogen-bond acceptors (Lipinski definition) is 14. The van der Waals surface area contributed by atoms with Crippen molar-refractivity contribution in [1.82, 2.24) is 20.5 Å². The van der Waals surface area contributed by atoms with Gasteiger partial charge in [-0.15, -0.1) is 11.3 Å². The summed E-state index contributed by atoms with van der Waals surface area (Å²) in [5.74, 6) is -1.01. The van der Waals surface area contributed by atoms with Crippen LogP contribution >= 0.6 is 11.3 Å². The smallest absolute Gasteiger partial charge is 0.407 e. The number of phenolic OH excluding ortho intramolecular Hbond substituents is 2. The number of nitro benzene ring substituents is 1. The monoisotopic (exact) mass is 1210 g/mol. The normalized spacial score (nSPS) is 19.4. The summed E-state index contributed by atoms with van der Waals surface area (Å²) in [6, 6.07) is 28.9. The van der Waals surface area contributed by atoms with Crippen molar-refractivity contribution >= 4 is 61.6 Å². The zero-order chi connectivity index (χ0) is 61.0. The number of fused-ring (bicyclic) bond motifs is 2. The Labute approximate surface area is 494 Å². The van der Waals surface area contributed by atoms with Crippen molar-refractivity contribution in [3.8, 4) is 27.7 Å². The number of nitro groups is 1. The number of aryl methyl sites for hydroxylation is 1. The number of nitrogens with zero attached hydrogens (tertiary/aromatic N) is 4. The molecule has 1 unspecified atom stereocenters. The molecular weight excluding hydrogens is 1140 g/mol. The lowest BCUT2D eigenvalue weighted by Crippen LogP contribution is -2.57. The van der Waals surface area contributed by atoms with Gasteiger partial charge in [0.05, 0.1) is 58.2 Å². The van der Waals surface area contributed by atoms with Gasteiger partial charge in [-0.3, -0.25) is 28.8 Å². The van der Waals surface area contributed by atoms with Gasteiger partial charge in [-0.05, 0) is 145 Å². The van der Waals surface area contributed by atoms with Gasteiger partial charge in [-0.2, -0.15) is 13.2 Å². The number of hydrogen-bond donors (Lipinski definition) is 4. The highest BCUT2D eigenvalue weighted by atomic mass is 32.2. The highest BCUT2D eigenvalue weighted by Crippen LogP contribution is 2.52. The molecule has 3 aliphatic rings. The summed E-state index contributed by atoms with van der Waals surface area (Å²) in [6.07, 6.45) is -5.97. The molecule has 0 aliphatic carbocycles. The molecule has 2 saturated heterocycles. The van der Waals surface area contributed by atoms with Crippen LogP contribution in [0.1, 0.15) is 100 Å². The molecule has 9 rings (SSSR count). The van der Waals surface area contributed by atoms with Gasteiger partial charge in [0, 0.05) is 31.5 Å². The predicted molar refractivity (Wildman–Crippen MR) is 315 cm³/mol. The minimum absolute atomic E-state index is 0.00842. The number of anilines is 1. The minimum atomic E-state index is -4.92. The van der Waals surface area contributed by atoms with E-state index in [9.17, 15) is 56.3 Å². The molecule has 5 aromatic carbocycles. The number of aromatic hydroxyl groups is 2. The summed E-state index contributed by atoms with van der Waals surface area (Å²) >= 11 is 1.54. The molecule has 0 saturated carbocycles. The van der Waals surface area contributed by atoms with Gasteiger partial charge in [0.2, 0.25) is 27.7 Å². The van der Waals surface area contributed by atoms with E-state index in [-0.39, 0.29) is 73.6 Å². The number of benzene rings is 5. The summed E-state index contributed by atoms with van der Waals surface area (Å²) in [4.78, 5) is 60.2. The van der Waals surface area contributed by atoms with E-state index in [0.717, 1.165) is 21.7 Å². The Hall–Kier alpha value is -7.86. The lowest BCUT2D eigenvalue weighted by Gasteiger charge is -2.35. The number of ether oxygens (including phenoxy) is 3. The summed E-state index contributed by atoms with van der Waals surface area (Å²) in [5.41, 5.74) is 6.38. The average molecular weight is 1210 g/mol. The molecule has 4 N–H and O–H groups in total. The number of phenols is 2. The van der Waals surface area contributed by atoms with Gasteiger partial charge >= 0.3 is 6.18 Å². The van der Waals surface area contributed by atoms with Crippen LogP contribution in [0, 0.1) is 22.5 Å². The minimum Gasteiger partial charge on any atom is -0.508 e. The number of unbranched alkanes of at least 4 members (excludes halogenated alkanes) is 2. The number of nitrogens with one attached hydrogen (secondary N) is 2. The van der Waals surface area contributed by atoms with Crippen LogP contribution in [0.4, 0.5) is 24.5 Å². The summed E-state index contributed by atoms with van der Waals surface area (Å²) in [6.45, 7) is 7.72. The van der Waals surface area contributed by atoms with Crippen molar-refractivity contribution in [1.29, 1.82) is 0 Å². The Balaban J connectivity index is 0.802. The molecule has 1 aromatic heterocycles. The second-order valence-corrected chi connectivity index (χ2v) is 25.6. The molecule has 3 amide bonds. The van der Waals surface area contributed by atoms with E-state index in [4.69, 9.17) is 14.2 Å². The quantitative estimate of drug-likeness (QED) is 0.0265. The third kappa shape index (κ3) is 14.6. The van der Waals surface area contributed by atoms with Crippen molar-refractivity contribution in [2.24, 2.45) is 5.41 Å². The topological polar surface area (TPSA) is 240 Å². The van der Waals surface area contributed by atoms with Gasteiger partial charge in [0.25, 0.3) is 5.69 Å². The van der Waals surface area contributed by atoms with E-state index < -0.39 is 86.6 Å². The molecule has 6 aromatic rings. The third-order valence-electron chi connectivity index (χ3n) is 15.5. The fourth-order valence-corrected chi connectivity index (χ4v) is 13.9. The number of amides is 3. The molecule has 0 spiro atoms. The number of aromatic nitrogens is 1. The Morgan fingerprint density at radius 2 is 1.47 bits per heavy atom. The highest BCUT2D eigenvalue weighted by molar-refractivity contribution is 7.93. The van der Waals surface area contributed by atoms with Crippen molar-refractivity contribution in [3.05, 3.63) is 165 Å². The van der Waals surface area contributed by atoms with E-state index >= 15 is 0 Å². The number of alkyl halides is 3. The first kappa shape index (κ1) is 61.7. The molecule has 4 heterocycles. The van der Waals surface area contributed by atoms with Gasteiger partial charge in [-0.25, -0.2) is 13.4 Å². The fraction of sp³-hybridized carbons (Fsp3) is 0.387. The number of halogens is 3. The number of carbonyl (C=O) groups excluding carboxylic acids is 3. The van der Waals surface area contributed by atoms with E-state index in [0.29, 0.717) is 51.4 Å². The maximum atomic E-state index is 14.7. The summed E-state index contributed by atoms with van der Waals surface area (Å²) in [5, 5.41) is 35.8. The highest BCUT2D eigenvalue weighted by Gasteiger charge is 2.55. The Kier molecular flexibility index (Phi) is 18.7. The van der Waals surface area contributed by atoms with E-state index in [1.54, 1.807) is 41.9 Å². The van der Waals surface area contributed by atoms with Crippen LogP contribution in [0.5, 0.6) is 17.2 Å². The fourth-order valence-electron chi connectivity index (χ4n) is 11.0. The van der Waals surface area contributed by atoms with Crippen LogP contribution in [0.25, 0.3) is 21.6 Å². The molecule has 3 aliphatic heterocycles. The molecule has 2 fully saturated rings. The van der Waals surface area contributed by atoms with Crippen LogP contribution in [-0.2, 0) is 40.5 Å². The maximum Gasteiger partial charge on any atom is 0.407 e. The van der Waals surface area contributed by atoms with Crippen molar-refractivity contribution in [3.63, 3.8) is 0 Å². The molecule has 18 nitrogen and oxygen atoms in total. The second-order valence-electron chi connectivity index (χ2n) is 22.6. The number of likely N-dealkylation sites (tertiary alicyclic amines) is 1. The molecule has 0 radical (unpaired) electrons. The lowest BCUT2D eigenvalue weighted by atomic mass is 9.83. The number of rotatable bonds is 23. The van der Waals surface area contributed by atoms with E-state index in [2.05, 4.69) is 15.6 Å². The van der Waals surface area contributed by atoms with E-state index in [1.807, 2.05) is 58.9 Å². The second kappa shape index (κ2) is 25.8. The third-order valence-corrected chi connectivity index (χ3v) is 18.6. The zero-order valence-electron chi connectivity index (χ0n) is 47.5. The molecule has 450 valence electrons. The summed E-state index contributed by atoms with van der Waals surface area (Å²) < 4.78 is 90.6.